The van der Waals surface area contributed by atoms with Crippen LogP contribution in [-0.2, 0) is 0 Å². The maximum atomic E-state index is 9.18. The fourth-order valence-electron chi connectivity index (χ4n) is 2.48. The highest BCUT2D eigenvalue weighted by Crippen LogP contribution is 2.27. The molecule has 1 fully saturated rings. The third kappa shape index (κ3) is 3.07. The summed E-state index contributed by atoms with van der Waals surface area (Å²) in [6.45, 7) is 2.89. The van der Waals surface area contributed by atoms with Gasteiger partial charge in [0.05, 0.1) is 0 Å². The van der Waals surface area contributed by atoms with Gasteiger partial charge in [-0.15, -0.1) is 0 Å². The monoisotopic (exact) mass is 298 g/mol. The van der Waals surface area contributed by atoms with Crippen molar-refractivity contribution in [3.63, 3.8) is 0 Å². The maximum absolute atomic E-state index is 9.18. The zero-order valence-electron chi connectivity index (χ0n) is 9.85. The van der Waals surface area contributed by atoms with Crippen molar-refractivity contribution < 1.29 is 5.11 Å². The van der Waals surface area contributed by atoms with Gasteiger partial charge in [0.1, 0.15) is 0 Å². The lowest BCUT2D eigenvalue weighted by atomic mass is 10.1. The Kier molecular flexibility index (Phi) is 4.56. The fourth-order valence-corrected chi connectivity index (χ4v) is 2.74. The average Bonchev–Trinajstić information content (AvgIpc) is 2.81. The molecule has 1 aliphatic heterocycles. The van der Waals surface area contributed by atoms with Gasteiger partial charge in [-0.3, -0.25) is 4.90 Å². The predicted octanol–water partition coefficient (Wildman–Crippen LogP) is 1.76. The van der Waals surface area contributed by atoms with Crippen molar-refractivity contribution in [1.29, 1.82) is 0 Å². The molecule has 94 valence electrons. The Bertz CT molecular complexity index is 355. The molecule has 3 N–H and O–H groups in total. The van der Waals surface area contributed by atoms with Crippen molar-refractivity contribution in [3.05, 3.63) is 34.3 Å². The summed E-state index contributed by atoms with van der Waals surface area (Å²) in [7, 11) is 0. The van der Waals surface area contributed by atoms with Crippen LogP contribution in [0.2, 0.25) is 0 Å². The van der Waals surface area contributed by atoms with Gasteiger partial charge >= 0.3 is 0 Å². The van der Waals surface area contributed by atoms with Gasteiger partial charge in [-0.25, -0.2) is 0 Å². The number of nitrogens with two attached hydrogens (primary N) is 1. The van der Waals surface area contributed by atoms with Gasteiger partial charge < -0.3 is 10.8 Å². The van der Waals surface area contributed by atoms with Crippen molar-refractivity contribution in [2.45, 2.75) is 12.5 Å². The Labute approximate surface area is 111 Å². The Morgan fingerprint density at radius 3 is 2.65 bits per heavy atom. The number of aliphatic hydroxyl groups excluding tert-OH is 1. The molecule has 1 aliphatic rings. The smallest absolute Gasteiger partial charge is 0.0471 e. The molecule has 0 bridgehead atoms. The molecule has 2 unspecified atom stereocenters. The number of benzene rings is 1. The standard InChI is InChI=1S/C13H19BrN2O/c14-12-3-1-11(2-4-12)13(7-15)16-6-5-10(8-16)9-17/h1-4,10,13,17H,5-9,15H2. The molecular weight excluding hydrogens is 280 g/mol. The fraction of sp³-hybridized carbons (Fsp3) is 0.538. The molecule has 0 aromatic heterocycles. The first kappa shape index (κ1) is 13.0. The molecule has 1 aromatic rings. The van der Waals surface area contributed by atoms with Gasteiger partial charge in [0.2, 0.25) is 0 Å². The Morgan fingerprint density at radius 2 is 2.12 bits per heavy atom. The second-order valence-corrected chi connectivity index (χ2v) is 5.55. The lowest BCUT2D eigenvalue weighted by molar-refractivity contribution is 0.200. The number of aliphatic hydroxyl groups is 1. The van der Waals surface area contributed by atoms with Gasteiger partial charge in [-0.1, -0.05) is 28.1 Å². The van der Waals surface area contributed by atoms with Crippen molar-refractivity contribution in [2.75, 3.05) is 26.2 Å². The van der Waals surface area contributed by atoms with E-state index in [0.717, 1.165) is 24.0 Å². The zero-order chi connectivity index (χ0) is 12.3. The summed E-state index contributed by atoms with van der Waals surface area (Å²) in [5, 5.41) is 9.18. The zero-order valence-corrected chi connectivity index (χ0v) is 11.4. The molecule has 4 heteroatoms. The van der Waals surface area contributed by atoms with E-state index in [-0.39, 0.29) is 12.6 Å². The van der Waals surface area contributed by atoms with Crippen molar-refractivity contribution in [2.24, 2.45) is 11.7 Å². The highest BCUT2D eigenvalue weighted by Gasteiger charge is 2.27. The minimum absolute atomic E-state index is 0.277. The lowest BCUT2D eigenvalue weighted by Crippen LogP contribution is -2.32. The Hall–Kier alpha value is -0.420. The van der Waals surface area contributed by atoms with Crippen LogP contribution in [0.25, 0.3) is 0 Å². The number of nitrogens with zero attached hydrogens (tertiary/aromatic N) is 1. The van der Waals surface area contributed by atoms with Crippen molar-refractivity contribution in [3.8, 4) is 0 Å². The second-order valence-electron chi connectivity index (χ2n) is 4.64. The molecule has 2 rings (SSSR count). The molecule has 0 aliphatic carbocycles. The first-order chi connectivity index (χ1) is 8.24. The Balaban J connectivity index is 2.08. The van der Waals surface area contributed by atoms with Gasteiger partial charge in [-0.05, 0) is 36.6 Å². The van der Waals surface area contributed by atoms with Gasteiger partial charge in [0, 0.05) is 30.2 Å². The molecule has 2 atom stereocenters. The molecule has 0 saturated carbocycles. The van der Waals surface area contributed by atoms with E-state index in [2.05, 4.69) is 45.1 Å². The van der Waals surface area contributed by atoms with Crippen LogP contribution in [0.3, 0.4) is 0 Å². The van der Waals surface area contributed by atoms with E-state index in [1.54, 1.807) is 0 Å². The highest BCUT2D eigenvalue weighted by atomic mass is 79.9. The minimum Gasteiger partial charge on any atom is -0.396 e. The minimum atomic E-state index is 0.277. The van der Waals surface area contributed by atoms with E-state index >= 15 is 0 Å². The van der Waals surface area contributed by atoms with Crippen LogP contribution < -0.4 is 5.73 Å². The molecular formula is C13H19BrN2O. The number of rotatable bonds is 4. The van der Waals surface area contributed by atoms with Crippen molar-refractivity contribution >= 4 is 15.9 Å². The van der Waals surface area contributed by atoms with E-state index in [9.17, 15) is 5.11 Å². The summed E-state index contributed by atoms with van der Waals surface area (Å²) < 4.78 is 1.09. The largest absolute Gasteiger partial charge is 0.396 e. The number of hydrogen-bond donors (Lipinski definition) is 2. The number of halogens is 1. The summed E-state index contributed by atoms with van der Waals surface area (Å²) in [6.07, 6.45) is 1.07. The lowest BCUT2D eigenvalue weighted by Gasteiger charge is -2.27. The summed E-state index contributed by atoms with van der Waals surface area (Å²) in [5.74, 6) is 0.416. The van der Waals surface area contributed by atoms with E-state index in [4.69, 9.17) is 5.73 Å². The Morgan fingerprint density at radius 1 is 1.41 bits per heavy atom. The molecule has 1 aromatic carbocycles. The predicted molar refractivity (Wildman–Crippen MR) is 72.7 cm³/mol. The SMILES string of the molecule is NCC(c1ccc(Br)cc1)N1CCC(CO)C1. The molecule has 0 amide bonds. The van der Waals surface area contributed by atoms with Crippen LogP contribution in [0.5, 0.6) is 0 Å². The summed E-state index contributed by atoms with van der Waals surface area (Å²) in [6, 6.07) is 8.62. The first-order valence-corrected chi connectivity index (χ1v) is 6.84. The average molecular weight is 299 g/mol. The van der Waals surface area contributed by atoms with E-state index < -0.39 is 0 Å². The van der Waals surface area contributed by atoms with Crippen LogP contribution in [0, 0.1) is 5.92 Å². The van der Waals surface area contributed by atoms with Gasteiger partial charge in [0.25, 0.3) is 0 Å². The summed E-state index contributed by atoms with van der Waals surface area (Å²) in [4.78, 5) is 2.38. The molecule has 0 spiro atoms. The molecule has 3 nitrogen and oxygen atoms in total. The first-order valence-electron chi connectivity index (χ1n) is 6.05. The van der Waals surface area contributed by atoms with E-state index in [1.165, 1.54) is 5.56 Å². The topological polar surface area (TPSA) is 49.5 Å². The van der Waals surface area contributed by atoms with Crippen LogP contribution in [0.15, 0.2) is 28.7 Å². The number of hydrogen-bond acceptors (Lipinski definition) is 3. The normalized spacial score (nSPS) is 22.9. The van der Waals surface area contributed by atoms with Crippen LogP contribution in [-0.4, -0.2) is 36.2 Å². The third-order valence-corrected chi connectivity index (χ3v) is 4.02. The molecule has 0 radical (unpaired) electrons. The molecule has 1 heterocycles. The summed E-state index contributed by atoms with van der Waals surface area (Å²) in [5.41, 5.74) is 7.15. The van der Waals surface area contributed by atoms with Crippen LogP contribution in [0.1, 0.15) is 18.0 Å². The van der Waals surface area contributed by atoms with Gasteiger partial charge in [0.15, 0.2) is 0 Å². The van der Waals surface area contributed by atoms with E-state index in [0.29, 0.717) is 12.5 Å². The highest BCUT2D eigenvalue weighted by molar-refractivity contribution is 9.10. The van der Waals surface area contributed by atoms with Crippen LogP contribution in [0.4, 0.5) is 0 Å². The molecule has 17 heavy (non-hydrogen) atoms. The van der Waals surface area contributed by atoms with E-state index in [1.807, 2.05) is 0 Å². The third-order valence-electron chi connectivity index (χ3n) is 3.49. The summed E-state index contributed by atoms with van der Waals surface area (Å²) >= 11 is 3.44. The van der Waals surface area contributed by atoms with Gasteiger partial charge in [-0.2, -0.15) is 0 Å². The second kappa shape index (κ2) is 5.96. The molecule has 1 saturated heterocycles. The quantitative estimate of drug-likeness (QED) is 0.891. The number of likely N-dealkylation sites (tertiary alicyclic amines) is 1. The van der Waals surface area contributed by atoms with Crippen molar-refractivity contribution in [1.82, 2.24) is 4.90 Å². The van der Waals surface area contributed by atoms with Crippen LogP contribution >= 0.6 is 15.9 Å². The maximum Gasteiger partial charge on any atom is 0.0471 e.